The largest absolute Gasteiger partial charge is 0.451 e. The Balaban J connectivity index is 0.000000891. The van der Waals surface area contributed by atoms with Gasteiger partial charge in [0.05, 0.1) is 0 Å². The van der Waals surface area contributed by atoms with Crippen molar-refractivity contribution in [2.24, 2.45) is 5.73 Å². The average Bonchev–Trinajstić information content (AvgIpc) is 2.57. The molecule has 0 aromatic heterocycles. The molecule has 2 atom stereocenters. The number of nitrogens with one attached hydrogen (secondary N) is 1. The Morgan fingerprint density at radius 3 is 2.54 bits per heavy atom. The van der Waals surface area contributed by atoms with Crippen LogP contribution in [0, 0.1) is 0 Å². The molecule has 1 aliphatic rings. The third-order valence-corrected chi connectivity index (χ3v) is 4.34. The highest BCUT2D eigenvalue weighted by atomic mass is 16.4. The second-order valence-corrected chi connectivity index (χ2v) is 6.24. The topological polar surface area (TPSA) is 113 Å². The lowest BCUT2D eigenvalue weighted by Gasteiger charge is -2.27. The van der Waals surface area contributed by atoms with Gasteiger partial charge in [-0.15, -0.1) is 0 Å². The molecule has 6 nitrogen and oxygen atoms in total. The van der Waals surface area contributed by atoms with E-state index in [1.165, 1.54) is 11.1 Å². The standard InChI is InChI=1S/C16H27BN2O2.CO2/c18-15(7-3-4-10-17(20)21)8-9-16-11-13-5-1-2-6-14(13)12-19-16;2-1-3/h1-2,5-6,15-16,19-21H,3-4,7-12,18H2;. The van der Waals surface area contributed by atoms with Gasteiger partial charge in [-0.2, -0.15) is 9.59 Å². The van der Waals surface area contributed by atoms with Crippen molar-refractivity contribution in [1.82, 2.24) is 5.32 Å². The normalized spacial score (nSPS) is 17.0. The van der Waals surface area contributed by atoms with Crippen LogP contribution in [0.3, 0.4) is 0 Å². The van der Waals surface area contributed by atoms with Gasteiger partial charge in [0, 0.05) is 18.6 Å². The van der Waals surface area contributed by atoms with Gasteiger partial charge in [-0.3, -0.25) is 0 Å². The Morgan fingerprint density at radius 2 is 1.88 bits per heavy atom. The summed E-state index contributed by atoms with van der Waals surface area (Å²) in [6.07, 6.45) is 6.71. The van der Waals surface area contributed by atoms with Crippen molar-refractivity contribution in [2.75, 3.05) is 0 Å². The van der Waals surface area contributed by atoms with Crippen LogP contribution in [0.25, 0.3) is 0 Å². The van der Waals surface area contributed by atoms with Crippen LogP contribution in [0.15, 0.2) is 24.3 Å². The van der Waals surface area contributed by atoms with Gasteiger partial charge in [0.2, 0.25) is 0 Å². The first-order chi connectivity index (χ1) is 11.6. The maximum Gasteiger partial charge on any atom is 0.451 e. The van der Waals surface area contributed by atoms with Crippen LogP contribution < -0.4 is 11.1 Å². The monoisotopic (exact) mass is 334 g/mol. The molecule has 7 heteroatoms. The summed E-state index contributed by atoms with van der Waals surface area (Å²) in [5.41, 5.74) is 9.03. The van der Waals surface area contributed by atoms with E-state index in [4.69, 9.17) is 25.4 Å². The summed E-state index contributed by atoms with van der Waals surface area (Å²) >= 11 is 0. The number of hydrogen-bond donors (Lipinski definition) is 4. The van der Waals surface area contributed by atoms with Gasteiger partial charge < -0.3 is 21.1 Å². The fourth-order valence-corrected chi connectivity index (χ4v) is 3.02. The molecule has 0 bridgehead atoms. The predicted octanol–water partition coefficient (Wildman–Crippen LogP) is 0.868. The van der Waals surface area contributed by atoms with Gasteiger partial charge in [0.1, 0.15) is 0 Å². The van der Waals surface area contributed by atoms with Crippen molar-refractivity contribution in [3.8, 4) is 0 Å². The Kier molecular flexibility index (Phi) is 10.2. The molecule has 0 saturated heterocycles. The number of fused-ring (bicyclic) bond motifs is 1. The minimum Gasteiger partial charge on any atom is -0.427 e. The first kappa shape index (κ1) is 20.5. The molecule has 0 amide bonds. The zero-order chi connectivity index (χ0) is 17.8. The van der Waals surface area contributed by atoms with Crippen molar-refractivity contribution in [2.45, 2.75) is 63.5 Å². The molecule has 0 spiro atoms. The maximum atomic E-state index is 8.79. The second kappa shape index (κ2) is 12.0. The van der Waals surface area contributed by atoms with Crippen LogP contribution in [0.5, 0.6) is 0 Å². The van der Waals surface area contributed by atoms with Crippen molar-refractivity contribution in [3.05, 3.63) is 35.4 Å². The Hall–Kier alpha value is -1.50. The maximum absolute atomic E-state index is 8.79. The van der Waals surface area contributed by atoms with Gasteiger partial charge in [-0.05, 0) is 43.1 Å². The molecule has 2 rings (SSSR count). The lowest BCUT2D eigenvalue weighted by Crippen LogP contribution is -2.36. The van der Waals surface area contributed by atoms with Crippen LogP contribution >= 0.6 is 0 Å². The van der Waals surface area contributed by atoms with E-state index >= 15 is 0 Å². The molecule has 0 saturated carbocycles. The molecule has 1 aromatic carbocycles. The molecule has 2 unspecified atom stereocenters. The molecule has 0 aliphatic carbocycles. The average molecular weight is 334 g/mol. The van der Waals surface area contributed by atoms with Gasteiger partial charge >= 0.3 is 13.3 Å². The molecule has 0 radical (unpaired) electrons. The SMILES string of the molecule is NC(CCCCB(O)O)CCC1Cc2ccccc2CN1.O=C=O. The van der Waals surface area contributed by atoms with Crippen LogP contribution in [0.2, 0.25) is 6.32 Å². The number of benzene rings is 1. The number of rotatable bonds is 8. The van der Waals surface area contributed by atoms with Crippen LogP contribution in [-0.4, -0.2) is 35.4 Å². The first-order valence-corrected chi connectivity index (χ1v) is 8.48. The number of nitrogens with two attached hydrogens (primary N) is 1. The van der Waals surface area contributed by atoms with Gasteiger partial charge in [0.25, 0.3) is 0 Å². The molecule has 1 aliphatic heterocycles. The molecular formula is C17H27BN2O4. The summed E-state index contributed by atoms with van der Waals surface area (Å²) in [4.78, 5) is 16.2. The fourth-order valence-electron chi connectivity index (χ4n) is 3.02. The van der Waals surface area contributed by atoms with E-state index in [9.17, 15) is 0 Å². The van der Waals surface area contributed by atoms with E-state index < -0.39 is 7.12 Å². The second-order valence-electron chi connectivity index (χ2n) is 6.24. The number of unbranched alkanes of at least 4 members (excludes halogenated alkanes) is 1. The fraction of sp³-hybridized carbons (Fsp3) is 0.588. The highest BCUT2D eigenvalue weighted by molar-refractivity contribution is 6.40. The first-order valence-electron chi connectivity index (χ1n) is 8.48. The van der Waals surface area contributed by atoms with E-state index in [2.05, 4.69) is 29.6 Å². The molecule has 1 aromatic rings. The van der Waals surface area contributed by atoms with E-state index in [0.717, 1.165) is 45.1 Å². The third kappa shape index (κ3) is 8.38. The summed E-state index contributed by atoms with van der Waals surface area (Å²) < 4.78 is 0. The van der Waals surface area contributed by atoms with Crippen molar-refractivity contribution >= 4 is 13.3 Å². The molecular weight excluding hydrogens is 307 g/mol. The number of hydrogen-bond acceptors (Lipinski definition) is 6. The van der Waals surface area contributed by atoms with E-state index in [1.807, 2.05) is 0 Å². The van der Waals surface area contributed by atoms with Crippen LogP contribution in [0.1, 0.15) is 43.2 Å². The quantitative estimate of drug-likeness (QED) is 0.414. The Morgan fingerprint density at radius 1 is 1.21 bits per heavy atom. The highest BCUT2D eigenvalue weighted by Crippen LogP contribution is 2.19. The van der Waals surface area contributed by atoms with Crippen molar-refractivity contribution in [1.29, 1.82) is 0 Å². The molecule has 5 N–H and O–H groups in total. The van der Waals surface area contributed by atoms with Crippen LogP contribution in [-0.2, 0) is 22.6 Å². The zero-order valence-electron chi connectivity index (χ0n) is 14.0. The lowest BCUT2D eigenvalue weighted by molar-refractivity contribution is -0.191. The van der Waals surface area contributed by atoms with Gasteiger partial charge in [-0.25, -0.2) is 0 Å². The van der Waals surface area contributed by atoms with E-state index in [0.29, 0.717) is 12.4 Å². The third-order valence-electron chi connectivity index (χ3n) is 4.34. The summed E-state index contributed by atoms with van der Waals surface area (Å²) in [5, 5.41) is 21.2. The predicted molar refractivity (Wildman–Crippen MR) is 91.8 cm³/mol. The van der Waals surface area contributed by atoms with Crippen molar-refractivity contribution < 1.29 is 19.6 Å². The summed E-state index contributed by atoms with van der Waals surface area (Å²) in [5.74, 6) is 0. The van der Waals surface area contributed by atoms with E-state index in [-0.39, 0.29) is 12.2 Å². The molecule has 132 valence electrons. The summed E-state index contributed by atoms with van der Waals surface area (Å²) in [6, 6.07) is 9.39. The van der Waals surface area contributed by atoms with Gasteiger partial charge in [0.15, 0.2) is 0 Å². The zero-order valence-corrected chi connectivity index (χ0v) is 14.0. The molecule has 0 fully saturated rings. The minimum atomic E-state index is -1.17. The highest BCUT2D eigenvalue weighted by Gasteiger charge is 2.18. The summed E-state index contributed by atoms with van der Waals surface area (Å²) in [7, 11) is -1.17. The Bertz CT molecular complexity index is 507. The molecule has 1 heterocycles. The summed E-state index contributed by atoms with van der Waals surface area (Å²) in [6.45, 7) is 0.963. The Labute approximate surface area is 143 Å². The molecule has 24 heavy (non-hydrogen) atoms. The van der Waals surface area contributed by atoms with Gasteiger partial charge in [-0.1, -0.05) is 37.1 Å². The van der Waals surface area contributed by atoms with Crippen molar-refractivity contribution in [3.63, 3.8) is 0 Å². The minimum absolute atomic E-state index is 0.222. The van der Waals surface area contributed by atoms with E-state index in [1.54, 1.807) is 0 Å². The smallest absolute Gasteiger partial charge is 0.427 e. The van der Waals surface area contributed by atoms with Crippen LogP contribution in [0.4, 0.5) is 0 Å². The lowest BCUT2D eigenvalue weighted by atomic mass is 9.83. The number of carbonyl (C=O) groups excluding carboxylic acids is 2.